The van der Waals surface area contributed by atoms with Crippen LogP contribution in [0, 0.1) is 5.41 Å². The molecule has 1 unspecified atom stereocenters. The number of amides is 10. The first-order valence-corrected chi connectivity index (χ1v) is 25.0. The number of H-pyrrole nitrogens is 2. The first kappa shape index (κ1) is 58.1. The predicted octanol–water partition coefficient (Wildman–Crippen LogP) is -2.36. The number of benzene rings is 2. The number of hydrogen-bond acceptors (Lipinski definition) is 12. The molecule has 3 heterocycles. The van der Waals surface area contributed by atoms with Gasteiger partial charge < -0.3 is 74.6 Å². The van der Waals surface area contributed by atoms with Crippen LogP contribution in [0.25, 0.3) is 10.9 Å². The molecule has 0 radical (unpaired) electrons. The summed E-state index contributed by atoms with van der Waals surface area (Å²) in [6.45, 7) is 2.94. The Bertz CT molecular complexity index is 2680. The molecule has 1 fully saturated rings. The summed E-state index contributed by atoms with van der Waals surface area (Å²) >= 11 is 0. The molecule has 76 heavy (non-hydrogen) atoms. The highest BCUT2D eigenvalue weighted by molar-refractivity contribution is 5.99. The van der Waals surface area contributed by atoms with Gasteiger partial charge in [-0.15, -0.1) is 0 Å². The van der Waals surface area contributed by atoms with Crippen LogP contribution in [0.1, 0.15) is 82.0 Å². The number of carbonyl (C=O) groups excluding carboxylic acids is 10. The molecule has 1 saturated heterocycles. The Morgan fingerprint density at radius 1 is 0.763 bits per heavy atom. The van der Waals surface area contributed by atoms with Gasteiger partial charge in [0.1, 0.15) is 36.3 Å². The van der Waals surface area contributed by atoms with Crippen LogP contribution in [-0.2, 0) is 67.2 Å². The summed E-state index contributed by atoms with van der Waals surface area (Å²) in [7, 11) is 0. The number of carbonyl (C=O) groups is 10. The molecule has 5 rings (SSSR count). The van der Waals surface area contributed by atoms with E-state index < -0.39 is 114 Å². The third kappa shape index (κ3) is 18.6. The molecule has 7 atom stereocenters. The number of hydrogen-bond donors (Lipinski definition) is 15. The van der Waals surface area contributed by atoms with Gasteiger partial charge in [-0.25, -0.2) is 4.98 Å². The summed E-state index contributed by atoms with van der Waals surface area (Å²) < 4.78 is 0. The molecular weight excluding hydrogens is 985 g/mol. The predicted molar refractivity (Wildman–Crippen MR) is 277 cm³/mol. The highest BCUT2D eigenvalue weighted by Crippen LogP contribution is 2.19. The van der Waals surface area contributed by atoms with Crippen molar-refractivity contribution < 1.29 is 47.9 Å². The fraction of sp³-hybridized carbons (Fsp3) is 0.440. The van der Waals surface area contributed by atoms with Crippen molar-refractivity contribution in [3.8, 4) is 0 Å². The maximum absolute atomic E-state index is 14.6. The number of para-hydroxylation sites is 1. The van der Waals surface area contributed by atoms with E-state index in [4.69, 9.17) is 16.9 Å². The molecule has 408 valence electrons. The van der Waals surface area contributed by atoms with Crippen LogP contribution in [0.4, 0.5) is 0 Å². The summed E-state index contributed by atoms with van der Waals surface area (Å²) in [4.78, 5) is 148. The Hall–Kier alpha value is -8.84. The third-order valence-electron chi connectivity index (χ3n) is 12.3. The number of fused-ring (bicyclic) bond motifs is 1. The van der Waals surface area contributed by atoms with Crippen LogP contribution in [0.3, 0.4) is 0 Å². The van der Waals surface area contributed by atoms with Crippen LogP contribution in [0.2, 0.25) is 0 Å². The lowest BCUT2D eigenvalue weighted by Crippen LogP contribution is -2.63. The number of nitrogens with zero attached hydrogens (tertiary/aromatic N) is 1. The summed E-state index contributed by atoms with van der Waals surface area (Å²) in [6.07, 6.45) is 2.24. The molecular formula is C50H68N16O10. The van der Waals surface area contributed by atoms with E-state index in [0.29, 0.717) is 29.7 Å². The molecule has 0 saturated carbocycles. The van der Waals surface area contributed by atoms with Crippen molar-refractivity contribution in [1.29, 1.82) is 5.41 Å². The fourth-order valence-corrected chi connectivity index (χ4v) is 8.27. The fourth-order valence-electron chi connectivity index (χ4n) is 8.27. The molecule has 17 N–H and O–H groups in total. The van der Waals surface area contributed by atoms with Crippen molar-refractivity contribution in [1.82, 2.24) is 68.1 Å². The Labute approximate surface area is 437 Å². The third-order valence-corrected chi connectivity index (χ3v) is 12.3. The number of aromatic nitrogens is 3. The molecule has 0 bridgehead atoms. The standard InChI is InChI=1S/C50H68N16O10/c1-3-4-14-34(59-28(2)67)44(71)61-36-19-21-55-40(68)17-18-41(69)65-43(49(76)62-37(42(51)70)23-30-25-57-33-15-9-8-13-32(30)33)66-46(73)35(16-10-20-56-50(52)53)60-47(74)38(22-29-11-6-5-7-12-29)63-48(75)39(64-45(36)72)24-31-26-54-27-58-31/h5-9,11-13,15,25-27,34-39,43,57H,3-4,10,14,16-24H2,1-2H3,(H2,51,70)(H,54,58)(H,55,68)(H,59,67)(H,60,74)(H,61,71)(H,62,76)(H,63,75)(H,64,72)(H,65,69)(H,66,73)(H4,52,53,56)/t34-,35-,36-,37-,38+,39-,43?/m0/s1. The van der Waals surface area contributed by atoms with Crippen molar-refractivity contribution in [2.45, 2.75) is 127 Å². The molecule has 0 spiro atoms. The lowest BCUT2D eigenvalue weighted by Gasteiger charge is -2.28. The van der Waals surface area contributed by atoms with E-state index >= 15 is 0 Å². The van der Waals surface area contributed by atoms with Crippen LogP contribution < -0.4 is 64.6 Å². The van der Waals surface area contributed by atoms with Gasteiger partial charge in [-0.1, -0.05) is 68.3 Å². The van der Waals surface area contributed by atoms with Crippen molar-refractivity contribution in [2.75, 3.05) is 13.1 Å². The highest BCUT2D eigenvalue weighted by Gasteiger charge is 2.35. The molecule has 2 aromatic heterocycles. The molecule has 4 aromatic rings. The molecule has 10 amide bonds. The van der Waals surface area contributed by atoms with E-state index in [9.17, 15) is 47.9 Å². The average Bonchev–Trinajstić information content (AvgIpc) is 4.06. The molecule has 26 heteroatoms. The van der Waals surface area contributed by atoms with E-state index in [2.05, 4.69) is 68.1 Å². The van der Waals surface area contributed by atoms with Gasteiger partial charge in [0.25, 0.3) is 5.91 Å². The second-order valence-corrected chi connectivity index (χ2v) is 18.3. The zero-order valence-electron chi connectivity index (χ0n) is 42.3. The number of aromatic amines is 2. The lowest BCUT2D eigenvalue weighted by molar-refractivity contribution is -0.137. The average molecular weight is 1050 g/mol. The van der Waals surface area contributed by atoms with Gasteiger partial charge in [0.2, 0.25) is 53.2 Å². The van der Waals surface area contributed by atoms with Gasteiger partial charge in [-0.05, 0) is 42.9 Å². The molecule has 0 aliphatic carbocycles. The van der Waals surface area contributed by atoms with Gasteiger partial charge in [0.15, 0.2) is 12.1 Å². The summed E-state index contributed by atoms with van der Waals surface area (Å²) in [5, 5.41) is 34.2. The zero-order valence-corrected chi connectivity index (χ0v) is 42.3. The number of primary amides is 1. The quantitative estimate of drug-likeness (QED) is 0.0266. The molecule has 2 aromatic carbocycles. The topological polar surface area (TPSA) is 411 Å². The van der Waals surface area contributed by atoms with E-state index in [0.717, 1.165) is 10.9 Å². The lowest BCUT2D eigenvalue weighted by atomic mass is 10.0. The van der Waals surface area contributed by atoms with Gasteiger partial charge in [0, 0.05) is 75.4 Å². The van der Waals surface area contributed by atoms with Crippen LogP contribution >= 0.6 is 0 Å². The number of nitrogens with one attached hydrogen (secondary N) is 13. The minimum absolute atomic E-state index is 0.0542. The Morgan fingerprint density at radius 3 is 2.12 bits per heavy atom. The van der Waals surface area contributed by atoms with Crippen molar-refractivity contribution in [3.63, 3.8) is 0 Å². The van der Waals surface area contributed by atoms with Gasteiger partial charge in [-0.2, -0.15) is 0 Å². The van der Waals surface area contributed by atoms with Gasteiger partial charge >= 0.3 is 0 Å². The Kier molecular flexibility index (Phi) is 22.3. The van der Waals surface area contributed by atoms with Gasteiger partial charge in [-0.3, -0.25) is 53.4 Å². The number of guanidine groups is 1. The minimum atomic E-state index is -1.93. The number of rotatable bonds is 19. The number of imidazole rings is 1. The monoisotopic (exact) mass is 1050 g/mol. The van der Waals surface area contributed by atoms with E-state index in [1.807, 2.05) is 19.1 Å². The highest BCUT2D eigenvalue weighted by atomic mass is 16.2. The van der Waals surface area contributed by atoms with E-state index in [-0.39, 0.29) is 64.0 Å². The molecule has 26 nitrogen and oxygen atoms in total. The SMILES string of the molecule is CCCC[C@H](NC(C)=O)C(=O)N[C@H]1CCNC(=O)CCC(=O)NC(C(=O)N[C@@H](Cc2c[nH]c3ccccc23)C(N)=O)NC(=O)[C@H](CCCNC(=N)N)NC(=O)[C@@H](Cc2ccccc2)NC(=O)[C@H](Cc2c[nH]cn2)NC1=O. The first-order valence-electron chi connectivity index (χ1n) is 25.0. The van der Waals surface area contributed by atoms with Crippen LogP contribution in [-0.4, -0.2) is 135 Å². The number of unbranched alkanes of at least 4 members (excludes halogenated alkanes) is 1. The Balaban J connectivity index is 1.52. The minimum Gasteiger partial charge on any atom is -0.370 e. The molecule has 1 aliphatic rings. The first-order chi connectivity index (χ1) is 36.4. The largest absolute Gasteiger partial charge is 0.370 e. The maximum atomic E-state index is 14.6. The van der Waals surface area contributed by atoms with Gasteiger partial charge in [0.05, 0.1) is 12.0 Å². The van der Waals surface area contributed by atoms with Crippen molar-refractivity contribution in [3.05, 3.63) is 90.1 Å². The van der Waals surface area contributed by atoms with Crippen LogP contribution in [0.5, 0.6) is 0 Å². The maximum Gasteiger partial charge on any atom is 0.264 e. The van der Waals surface area contributed by atoms with Crippen molar-refractivity contribution >= 4 is 75.9 Å². The normalized spacial score (nSPS) is 20.1. The number of nitrogens with two attached hydrogens (primary N) is 2. The van der Waals surface area contributed by atoms with Crippen LogP contribution in [0.15, 0.2) is 73.3 Å². The summed E-state index contributed by atoms with van der Waals surface area (Å²) in [6, 6.07) is 7.53. The smallest absolute Gasteiger partial charge is 0.264 e. The zero-order chi connectivity index (χ0) is 55.1. The second-order valence-electron chi connectivity index (χ2n) is 18.3. The Morgan fingerprint density at radius 2 is 1.43 bits per heavy atom. The summed E-state index contributed by atoms with van der Waals surface area (Å²) in [5.74, 6) is -8.85. The van der Waals surface area contributed by atoms with E-state index in [1.165, 1.54) is 19.4 Å². The second kappa shape index (κ2) is 29.2. The van der Waals surface area contributed by atoms with E-state index in [1.54, 1.807) is 48.7 Å². The van der Waals surface area contributed by atoms with Crippen molar-refractivity contribution in [2.24, 2.45) is 11.5 Å². The summed E-state index contributed by atoms with van der Waals surface area (Å²) in [5.41, 5.74) is 13.5. The molecule has 1 aliphatic heterocycles.